The largest absolute Gasteiger partial charge is 0.345 e. The first-order chi connectivity index (χ1) is 9.17. The van der Waals surface area contributed by atoms with Gasteiger partial charge in [0.2, 0.25) is 5.91 Å². The van der Waals surface area contributed by atoms with Gasteiger partial charge < -0.3 is 10.6 Å². The molecule has 1 rings (SSSR count). The van der Waals surface area contributed by atoms with Gasteiger partial charge in [0.15, 0.2) is 0 Å². The minimum Gasteiger partial charge on any atom is -0.345 e. The van der Waals surface area contributed by atoms with Crippen molar-refractivity contribution in [3.8, 4) is 0 Å². The standard InChI is InChI=1S/C15H25N3O/c1-3-17(2)15(19)13-18(11-7-10-16)12-14-8-5-4-6-9-14/h4-6,8-9H,3,7,10-13,16H2,1-2H3. The lowest BCUT2D eigenvalue weighted by Gasteiger charge is -2.24. The molecule has 1 aromatic carbocycles. The maximum atomic E-state index is 12.0. The third-order valence-corrected chi connectivity index (χ3v) is 3.19. The van der Waals surface area contributed by atoms with E-state index < -0.39 is 0 Å². The van der Waals surface area contributed by atoms with E-state index in [4.69, 9.17) is 5.73 Å². The number of likely N-dealkylation sites (N-methyl/N-ethyl adjacent to an activating group) is 1. The van der Waals surface area contributed by atoms with Crippen molar-refractivity contribution in [1.82, 2.24) is 9.80 Å². The number of amides is 1. The molecular weight excluding hydrogens is 238 g/mol. The predicted octanol–water partition coefficient (Wildman–Crippen LogP) is 1.32. The van der Waals surface area contributed by atoms with Gasteiger partial charge in [-0.2, -0.15) is 0 Å². The maximum Gasteiger partial charge on any atom is 0.236 e. The van der Waals surface area contributed by atoms with E-state index in [0.29, 0.717) is 13.1 Å². The molecule has 0 saturated heterocycles. The zero-order valence-electron chi connectivity index (χ0n) is 12.0. The van der Waals surface area contributed by atoms with E-state index >= 15 is 0 Å². The molecular formula is C15H25N3O. The van der Waals surface area contributed by atoms with Gasteiger partial charge in [0, 0.05) is 26.7 Å². The molecule has 0 atom stereocenters. The van der Waals surface area contributed by atoms with Crippen molar-refractivity contribution in [3.05, 3.63) is 35.9 Å². The van der Waals surface area contributed by atoms with Gasteiger partial charge >= 0.3 is 0 Å². The minimum atomic E-state index is 0.162. The molecule has 0 heterocycles. The molecule has 0 aliphatic rings. The van der Waals surface area contributed by atoms with Crippen LogP contribution in [0.25, 0.3) is 0 Å². The van der Waals surface area contributed by atoms with Gasteiger partial charge in [-0.25, -0.2) is 0 Å². The molecule has 2 N–H and O–H groups in total. The lowest BCUT2D eigenvalue weighted by molar-refractivity contribution is -0.131. The summed E-state index contributed by atoms with van der Waals surface area (Å²) in [7, 11) is 1.84. The van der Waals surface area contributed by atoms with Gasteiger partial charge in [0.1, 0.15) is 0 Å². The molecule has 0 unspecified atom stereocenters. The van der Waals surface area contributed by atoms with Crippen LogP contribution >= 0.6 is 0 Å². The summed E-state index contributed by atoms with van der Waals surface area (Å²) in [5, 5.41) is 0. The summed E-state index contributed by atoms with van der Waals surface area (Å²) in [4.78, 5) is 15.9. The molecule has 0 saturated carbocycles. The van der Waals surface area contributed by atoms with Gasteiger partial charge in [-0.05, 0) is 25.5 Å². The fourth-order valence-electron chi connectivity index (χ4n) is 1.86. The first-order valence-electron chi connectivity index (χ1n) is 6.87. The molecule has 1 amide bonds. The zero-order valence-corrected chi connectivity index (χ0v) is 12.0. The fraction of sp³-hybridized carbons (Fsp3) is 0.533. The molecule has 0 aromatic heterocycles. The van der Waals surface area contributed by atoms with Crippen molar-refractivity contribution in [2.75, 3.05) is 33.2 Å². The monoisotopic (exact) mass is 263 g/mol. The third-order valence-electron chi connectivity index (χ3n) is 3.19. The van der Waals surface area contributed by atoms with Crippen molar-refractivity contribution in [3.63, 3.8) is 0 Å². The number of benzene rings is 1. The number of carbonyl (C=O) groups is 1. The normalized spacial score (nSPS) is 10.7. The Morgan fingerprint density at radius 1 is 1.26 bits per heavy atom. The van der Waals surface area contributed by atoms with E-state index in [1.54, 1.807) is 4.90 Å². The summed E-state index contributed by atoms with van der Waals surface area (Å²) in [6.07, 6.45) is 0.913. The molecule has 19 heavy (non-hydrogen) atoms. The number of hydrogen-bond donors (Lipinski definition) is 1. The number of rotatable bonds is 8. The summed E-state index contributed by atoms with van der Waals surface area (Å²) < 4.78 is 0. The number of nitrogens with two attached hydrogens (primary N) is 1. The van der Waals surface area contributed by atoms with Crippen LogP contribution < -0.4 is 5.73 Å². The zero-order chi connectivity index (χ0) is 14.1. The Balaban J connectivity index is 2.58. The van der Waals surface area contributed by atoms with Crippen LogP contribution in [-0.4, -0.2) is 48.9 Å². The van der Waals surface area contributed by atoms with Crippen LogP contribution in [0, 0.1) is 0 Å². The highest BCUT2D eigenvalue weighted by molar-refractivity contribution is 5.77. The number of nitrogens with zero attached hydrogens (tertiary/aromatic N) is 2. The van der Waals surface area contributed by atoms with Crippen molar-refractivity contribution in [2.45, 2.75) is 19.9 Å². The van der Waals surface area contributed by atoms with Gasteiger partial charge in [-0.15, -0.1) is 0 Å². The molecule has 4 heteroatoms. The highest BCUT2D eigenvalue weighted by atomic mass is 16.2. The maximum absolute atomic E-state index is 12.0. The van der Waals surface area contributed by atoms with Crippen molar-refractivity contribution in [1.29, 1.82) is 0 Å². The molecule has 0 fully saturated rings. The van der Waals surface area contributed by atoms with Gasteiger partial charge in [0.05, 0.1) is 6.54 Å². The Labute approximate surface area is 116 Å². The highest BCUT2D eigenvalue weighted by Crippen LogP contribution is 2.05. The summed E-state index contributed by atoms with van der Waals surface area (Å²) in [6.45, 7) is 5.50. The molecule has 0 aliphatic heterocycles. The second-order valence-electron chi connectivity index (χ2n) is 4.75. The van der Waals surface area contributed by atoms with E-state index in [0.717, 1.165) is 26.1 Å². The second-order valence-corrected chi connectivity index (χ2v) is 4.75. The van der Waals surface area contributed by atoms with Crippen LogP contribution in [0.4, 0.5) is 0 Å². The molecule has 0 spiro atoms. The van der Waals surface area contributed by atoms with Crippen molar-refractivity contribution >= 4 is 5.91 Å². The molecule has 0 aliphatic carbocycles. The quantitative estimate of drug-likeness (QED) is 0.769. The average Bonchev–Trinajstić information content (AvgIpc) is 2.44. The Morgan fingerprint density at radius 3 is 2.53 bits per heavy atom. The summed E-state index contributed by atoms with van der Waals surface area (Å²) in [5.74, 6) is 0.162. The number of hydrogen-bond acceptors (Lipinski definition) is 3. The predicted molar refractivity (Wildman–Crippen MR) is 78.7 cm³/mol. The van der Waals surface area contributed by atoms with Crippen LogP contribution in [0.3, 0.4) is 0 Å². The number of carbonyl (C=O) groups excluding carboxylic acids is 1. The van der Waals surface area contributed by atoms with Crippen LogP contribution in [0.15, 0.2) is 30.3 Å². The Morgan fingerprint density at radius 2 is 1.95 bits per heavy atom. The highest BCUT2D eigenvalue weighted by Gasteiger charge is 2.13. The van der Waals surface area contributed by atoms with E-state index in [-0.39, 0.29) is 5.91 Å². The second kappa shape index (κ2) is 8.67. The van der Waals surface area contributed by atoms with Gasteiger partial charge in [0.25, 0.3) is 0 Å². The fourth-order valence-corrected chi connectivity index (χ4v) is 1.86. The molecule has 4 nitrogen and oxygen atoms in total. The van der Waals surface area contributed by atoms with Gasteiger partial charge in [-0.3, -0.25) is 9.69 Å². The smallest absolute Gasteiger partial charge is 0.236 e. The lowest BCUT2D eigenvalue weighted by atomic mass is 10.2. The summed E-state index contributed by atoms with van der Waals surface area (Å²) >= 11 is 0. The molecule has 0 bridgehead atoms. The lowest BCUT2D eigenvalue weighted by Crippen LogP contribution is -2.38. The summed E-state index contributed by atoms with van der Waals surface area (Å²) in [5.41, 5.74) is 6.79. The van der Waals surface area contributed by atoms with Crippen molar-refractivity contribution < 1.29 is 4.79 Å². The molecule has 106 valence electrons. The SMILES string of the molecule is CCN(C)C(=O)CN(CCCN)Cc1ccccc1. The third kappa shape index (κ3) is 5.85. The van der Waals surface area contributed by atoms with E-state index in [2.05, 4.69) is 17.0 Å². The molecule has 1 aromatic rings. The molecule has 0 radical (unpaired) electrons. The first kappa shape index (κ1) is 15.7. The summed E-state index contributed by atoms with van der Waals surface area (Å²) in [6, 6.07) is 10.2. The van der Waals surface area contributed by atoms with E-state index in [9.17, 15) is 4.79 Å². The average molecular weight is 263 g/mol. The minimum absolute atomic E-state index is 0.162. The van der Waals surface area contributed by atoms with E-state index in [1.165, 1.54) is 5.56 Å². The van der Waals surface area contributed by atoms with Crippen LogP contribution in [0.5, 0.6) is 0 Å². The Hall–Kier alpha value is -1.39. The van der Waals surface area contributed by atoms with E-state index in [1.807, 2.05) is 32.2 Å². The Bertz CT molecular complexity index is 367. The first-order valence-corrected chi connectivity index (χ1v) is 6.87. The van der Waals surface area contributed by atoms with Crippen LogP contribution in [-0.2, 0) is 11.3 Å². The van der Waals surface area contributed by atoms with Gasteiger partial charge in [-0.1, -0.05) is 30.3 Å². The van der Waals surface area contributed by atoms with Crippen LogP contribution in [0.1, 0.15) is 18.9 Å². The van der Waals surface area contributed by atoms with Crippen molar-refractivity contribution in [2.24, 2.45) is 5.73 Å². The topological polar surface area (TPSA) is 49.6 Å². The Kier molecular flexibility index (Phi) is 7.15. The van der Waals surface area contributed by atoms with Crippen LogP contribution in [0.2, 0.25) is 0 Å².